The Bertz CT molecular complexity index is 76.2. The first-order chi connectivity index (χ1) is 6.41. The van der Waals surface area contributed by atoms with E-state index in [0.717, 1.165) is 0 Å². The van der Waals surface area contributed by atoms with Gasteiger partial charge in [0.15, 0.2) is 0 Å². The fraction of sp³-hybridized carbons (Fsp3) is 1.00. The van der Waals surface area contributed by atoms with Crippen LogP contribution in [0.1, 0.15) is 51.4 Å². The molecule has 0 N–H and O–H groups in total. The summed E-state index contributed by atoms with van der Waals surface area (Å²) in [5.74, 6) is 1.35. The Hall–Kier alpha value is 0.830. The molecule has 0 aromatic heterocycles. The molecular formula is C11H23BrS. The number of alkyl halides is 1. The molecule has 80 valence electrons. The summed E-state index contributed by atoms with van der Waals surface area (Å²) in [4.78, 5) is 0. The van der Waals surface area contributed by atoms with Gasteiger partial charge in [0, 0.05) is 5.33 Å². The lowest BCUT2D eigenvalue weighted by Crippen LogP contribution is -1.83. The topological polar surface area (TPSA) is 0 Å². The van der Waals surface area contributed by atoms with Gasteiger partial charge in [-0.05, 0) is 24.9 Å². The van der Waals surface area contributed by atoms with Gasteiger partial charge in [-0.1, -0.05) is 54.5 Å². The quantitative estimate of drug-likeness (QED) is 0.402. The first-order valence-corrected chi connectivity index (χ1v) is 7.98. The van der Waals surface area contributed by atoms with Crippen molar-refractivity contribution >= 4 is 27.7 Å². The summed E-state index contributed by atoms with van der Waals surface area (Å²) >= 11 is 5.43. The van der Waals surface area contributed by atoms with E-state index in [4.69, 9.17) is 0 Å². The van der Waals surface area contributed by atoms with Gasteiger partial charge in [-0.15, -0.1) is 0 Å². The molecule has 0 aromatic rings. The lowest BCUT2D eigenvalue weighted by atomic mass is 10.1. The lowest BCUT2D eigenvalue weighted by molar-refractivity contribution is 0.588. The number of hydrogen-bond acceptors (Lipinski definition) is 1. The minimum Gasteiger partial charge on any atom is -0.165 e. The molecule has 0 saturated carbocycles. The predicted octanol–water partition coefficient (Wildman–Crippen LogP) is 4.87. The standard InChI is InChI=1S/C11H23BrS/c1-13-11-9-7-5-3-2-4-6-8-10-12/h2-11H2,1H3. The number of hydrogen-bond donors (Lipinski definition) is 0. The van der Waals surface area contributed by atoms with Crippen LogP contribution in [0.5, 0.6) is 0 Å². The molecule has 0 saturated heterocycles. The highest BCUT2D eigenvalue weighted by Crippen LogP contribution is 2.10. The van der Waals surface area contributed by atoms with Crippen molar-refractivity contribution in [2.75, 3.05) is 17.3 Å². The van der Waals surface area contributed by atoms with E-state index >= 15 is 0 Å². The molecule has 0 atom stereocenters. The minimum atomic E-state index is 1.18. The highest BCUT2D eigenvalue weighted by molar-refractivity contribution is 9.09. The summed E-state index contributed by atoms with van der Waals surface area (Å²) in [5.41, 5.74) is 0. The van der Waals surface area contributed by atoms with Crippen LogP contribution in [0.15, 0.2) is 0 Å². The van der Waals surface area contributed by atoms with Crippen LogP contribution in [-0.4, -0.2) is 17.3 Å². The molecule has 0 aliphatic carbocycles. The van der Waals surface area contributed by atoms with Gasteiger partial charge >= 0.3 is 0 Å². The van der Waals surface area contributed by atoms with Crippen molar-refractivity contribution in [3.63, 3.8) is 0 Å². The van der Waals surface area contributed by atoms with Gasteiger partial charge in [-0.2, -0.15) is 11.8 Å². The number of halogens is 1. The van der Waals surface area contributed by atoms with Gasteiger partial charge in [-0.3, -0.25) is 0 Å². The summed E-state index contributed by atoms with van der Waals surface area (Å²) in [6.45, 7) is 0. The molecule has 0 aliphatic heterocycles. The van der Waals surface area contributed by atoms with E-state index in [9.17, 15) is 0 Å². The summed E-state index contributed by atoms with van der Waals surface area (Å²) in [6.07, 6.45) is 13.6. The van der Waals surface area contributed by atoms with Crippen LogP contribution >= 0.6 is 27.7 Å². The zero-order valence-corrected chi connectivity index (χ0v) is 11.3. The maximum atomic E-state index is 3.46. The molecule has 0 amide bonds. The highest BCUT2D eigenvalue weighted by atomic mass is 79.9. The molecule has 0 nitrogen and oxygen atoms in total. The van der Waals surface area contributed by atoms with Gasteiger partial charge in [0.25, 0.3) is 0 Å². The van der Waals surface area contributed by atoms with Crippen molar-refractivity contribution in [1.29, 1.82) is 0 Å². The molecule has 0 bridgehead atoms. The van der Waals surface area contributed by atoms with E-state index in [-0.39, 0.29) is 0 Å². The van der Waals surface area contributed by atoms with Crippen molar-refractivity contribution in [3.8, 4) is 0 Å². The molecular weight excluding hydrogens is 244 g/mol. The molecule has 13 heavy (non-hydrogen) atoms. The van der Waals surface area contributed by atoms with Crippen molar-refractivity contribution in [2.45, 2.75) is 51.4 Å². The Kier molecular flexibility index (Phi) is 13.6. The molecule has 0 spiro atoms. The smallest absolute Gasteiger partial charge is 0.00313 e. The van der Waals surface area contributed by atoms with Gasteiger partial charge in [0.2, 0.25) is 0 Å². The van der Waals surface area contributed by atoms with Gasteiger partial charge in [-0.25, -0.2) is 0 Å². The Morgan fingerprint density at radius 2 is 1.23 bits per heavy atom. The van der Waals surface area contributed by atoms with E-state index in [1.165, 1.54) is 62.4 Å². The van der Waals surface area contributed by atoms with Crippen molar-refractivity contribution in [1.82, 2.24) is 0 Å². The van der Waals surface area contributed by atoms with E-state index < -0.39 is 0 Å². The largest absolute Gasteiger partial charge is 0.165 e. The predicted molar refractivity (Wildman–Crippen MR) is 69.1 cm³/mol. The number of rotatable bonds is 10. The maximum Gasteiger partial charge on any atom is 0.00313 e. The third kappa shape index (κ3) is 12.8. The van der Waals surface area contributed by atoms with E-state index in [0.29, 0.717) is 0 Å². The van der Waals surface area contributed by atoms with E-state index in [1.54, 1.807) is 0 Å². The number of unbranched alkanes of at least 4 members (excludes halogenated alkanes) is 7. The summed E-state index contributed by atoms with van der Waals surface area (Å²) < 4.78 is 0. The highest BCUT2D eigenvalue weighted by Gasteiger charge is 1.91. The van der Waals surface area contributed by atoms with Crippen LogP contribution < -0.4 is 0 Å². The Balaban J connectivity index is 2.76. The molecule has 0 aromatic carbocycles. The fourth-order valence-corrected chi connectivity index (χ4v) is 2.29. The van der Waals surface area contributed by atoms with Crippen molar-refractivity contribution in [2.24, 2.45) is 0 Å². The zero-order valence-electron chi connectivity index (χ0n) is 8.86. The molecule has 0 rings (SSSR count). The van der Waals surface area contributed by atoms with Crippen LogP contribution in [0.3, 0.4) is 0 Å². The second-order valence-corrected chi connectivity index (χ2v) is 5.29. The lowest BCUT2D eigenvalue weighted by Gasteiger charge is -2.00. The van der Waals surface area contributed by atoms with Crippen molar-refractivity contribution < 1.29 is 0 Å². The second kappa shape index (κ2) is 12.8. The van der Waals surface area contributed by atoms with Crippen molar-refractivity contribution in [3.05, 3.63) is 0 Å². The molecule has 0 aliphatic rings. The number of thioether (sulfide) groups is 1. The third-order valence-corrected chi connectivity index (χ3v) is 3.49. The molecule has 0 fully saturated rings. The van der Waals surface area contributed by atoms with Gasteiger partial charge in [0.05, 0.1) is 0 Å². The Morgan fingerprint density at radius 1 is 0.769 bits per heavy atom. The first kappa shape index (κ1) is 13.8. The average Bonchev–Trinajstić information content (AvgIpc) is 2.16. The van der Waals surface area contributed by atoms with E-state index in [2.05, 4.69) is 22.2 Å². The summed E-state index contributed by atoms with van der Waals surface area (Å²) in [6, 6.07) is 0. The zero-order chi connectivity index (χ0) is 9.78. The third-order valence-electron chi connectivity index (χ3n) is 2.23. The molecule has 0 radical (unpaired) electrons. The maximum absolute atomic E-state index is 3.46. The van der Waals surface area contributed by atoms with Gasteiger partial charge < -0.3 is 0 Å². The van der Waals surface area contributed by atoms with Crippen LogP contribution in [0, 0.1) is 0 Å². The first-order valence-electron chi connectivity index (χ1n) is 5.46. The van der Waals surface area contributed by atoms with E-state index in [1.807, 2.05) is 11.8 Å². The van der Waals surface area contributed by atoms with Crippen LogP contribution in [0.4, 0.5) is 0 Å². The Labute approximate surface area is 96.4 Å². The monoisotopic (exact) mass is 266 g/mol. The summed E-state index contributed by atoms with van der Waals surface area (Å²) in [7, 11) is 0. The summed E-state index contributed by atoms with van der Waals surface area (Å²) in [5, 5.41) is 1.18. The molecule has 0 unspecified atom stereocenters. The fourth-order valence-electron chi connectivity index (χ4n) is 1.40. The molecule has 0 heterocycles. The Morgan fingerprint density at radius 3 is 1.69 bits per heavy atom. The normalized spacial score (nSPS) is 10.6. The van der Waals surface area contributed by atoms with Gasteiger partial charge in [0.1, 0.15) is 0 Å². The minimum absolute atomic E-state index is 1.18. The molecule has 2 heteroatoms. The SMILES string of the molecule is CSCCCCCCCCCCBr. The van der Waals surface area contributed by atoms with Crippen LogP contribution in [0.25, 0.3) is 0 Å². The second-order valence-electron chi connectivity index (χ2n) is 3.51. The average molecular weight is 267 g/mol. The van der Waals surface area contributed by atoms with Crippen LogP contribution in [0.2, 0.25) is 0 Å². The van der Waals surface area contributed by atoms with Crippen LogP contribution in [-0.2, 0) is 0 Å².